The number of hydrogen-bond acceptors (Lipinski definition) is 8. The van der Waals surface area contributed by atoms with Gasteiger partial charge < -0.3 is 25.2 Å². The quantitative estimate of drug-likeness (QED) is 0.172. The zero-order chi connectivity index (χ0) is 29.6. The van der Waals surface area contributed by atoms with Crippen LogP contribution >= 0.6 is 11.3 Å². The first kappa shape index (κ1) is 29.7. The van der Waals surface area contributed by atoms with Crippen molar-refractivity contribution < 1.29 is 38.4 Å². The number of benzene rings is 2. The van der Waals surface area contributed by atoms with Crippen LogP contribution in [0.3, 0.4) is 0 Å². The molecule has 0 spiro atoms. The largest absolute Gasteiger partial charge is 0.508 e. The number of carbonyl (C=O) groups excluding carboxylic acids is 3. The maximum absolute atomic E-state index is 13.9. The smallest absolute Gasteiger partial charge is 0.498 e. The van der Waals surface area contributed by atoms with Gasteiger partial charge in [-0.05, 0) is 36.8 Å². The number of aromatic nitrogens is 1. The Labute approximate surface area is 242 Å². The van der Waals surface area contributed by atoms with Gasteiger partial charge in [0.15, 0.2) is 11.7 Å². The predicted molar refractivity (Wildman–Crippen MR) is 154 cm³/mol. The van der Waals surface area contributed by atoms with Crippen LogP contribution in [-0.4, -0.2) is 80.7 Å². The fraction of sp³-hybridized carbons (Fsp3) is 0.345. The van der Waals surface area contributed by atoms with Gasteiger partial charge in [-0.2, -0.15) is 19.7 Å². The van der Waals surface area contributed by atoms with Gasteiger partial charge in [-0.15, -0.1) is 0 Å². The summed E-state index contributed by atoms with van der Waals surface area (Å²) in [6, 6.07) is 11.9. The minimum Gasteiger partial charge on any atom is -0.508 e. The number of piperidine rings is 1. The summed E-state index contributed by atoms with van der Waals surface area (Å²) in [4.78, 5) is 43.1. The Bertz CT molecular complexity index is 1450. The fourth-order valence-electron chi connectivity index (χ4n) is 5.15. The number of aromatic hydroxyl groups is 2. The van der Waals surface area contributed by atoms with Crippen molar-refractivity contribution in [3.05, 3.63) is 70.7 Å². The van der Waals surface area contributed by atoms with Gasteiger partial charge in [0.2, 0.25) is 0 Å². The number of carbonyl (C=O) groups is 3. The molecule has 4 rings (SSSR count). The number of anilines is 1. The van der Waals surface area contributed by atoms with E-state index in [1.165, 1.54) is 22.1 Å². The van der Waals surface area contributed by atoms with Crippen molar-refractivity contribution in [2.45, 2.75) is 38.8 Å². The molecule has 2 atom stereocenters. The summed E-state index contributed by atoms with van der Waals surface area (Å²) in [5.74, 6) is -1.00. The molecule has 1 unspecified atom stereocenters. The zero-order valence-electron chi connectivity index (χ0n) is 23.1. The maximum atomic E-state index is 13.9. The number of esters is 1. The summed E-state index contributed by atoms with van der Waals surface area (Å²) in [7, 11) is 2.07. The number of nitrogens with one attached hydrogen (secondary N) is 1. The van der Waals surface area contributed by atoms with Crippen LogP contribution in [0.2, 0.25) is 0 Å². The number of nitrogens with two attached hydrogens (primary N) is 1. The summed E-state index contributed by atoms with van der Waals surface area (Å²) in [6.45, 7) is 3.80. The second kappa shape index (κ2) is 12.9. The SMILES string of the molecule is CCOC(=O)c1csc(NC(=O)/[N+](=C2/CCC[N+](C)(Cc3cccc(O)c3)C2)[C@@H](Cc2ccc(O)cc2)C(N)=O)n1. The lowest BCUT2D eigenvalue weighted by atomic mass is 10.0. The number of primary amides is 1. The first-order chi connectivity index (χ1) is 19.6. The standard InChI is InChI=1S/C29H33N5O6S/c1-3-40-27(38)24-18-41-28(31-24)32-29(39)33(25(26(30)37)15-19-9-11-22(35)12-10-19)21-7-5-13-34(2,17-21)16-20-6-4-8-23(36)14-20/h4,6,8-12,14,18,25H,3,5,7,13,15-17H2,1-2H3,(H3-2,30,31,32,35,36,37,39)/p+2/b33-21-/t25-,34?/m0/s1. The van der Waals surface area contributed by atoms with Crippen molar-refractivity contribution in [3.8, 4) is 11.5 Å². The molecular formula is C29H35N5O6S+2. The normalized spacial score (nSPS) is 18.8. The van der Waals surface area contributed by atoms with Crippen molar-refractivity contribution in [1.29, 1.82) is 0 Å². The molecule has 0 radical (unpaired) electrons. The van der Waals surface area contributed by atoms with E-state index in [1.54, 1.807) is 37.3 Å². The van der Waals surface area contributed by atoms with Crippen LogP contribution in [-0.2, 0) is 22.5 Å². The Hall–Kier alpha value is -4.29. The van der Waals surface area contributed by atoms with Crippen LogP contribution in [0.1, 0.15) is 41.4 Å². The molecule has 3 aromatic rings. The third-order valence-corrected chi connectivity index (χ3v) is 7.73. The molecule has 2 heterocycles. The average molecular weight is 582 g/mol. The molecule has 1 aromatic heterocycles. The van der Waals surface area contributed by atoms with Gasteiger partial charge in [-0.25, -0.2) is 4.79 Å². The van der Waals surface area contributed by atoms with E-state index in [0.717, 1.165) is 41.1 Å². The van der Waals surface area contributed by atoms with E-state index < -0.39 is 23.9 Å². The molecule has 12 heteroatoms. The molecule has 2 aromatic carbocycles. The molecule has 1 aliphatic heterocycles. The van der Waals surface area contributed by atoms with Crippen molar-refractivity contribution >= 4 is 40.1 Å². The molecule has 0 saturated carbocycles. The number of rotatable bonds is 9. The number of phenolic OH excluding ortho intramolecular Hbond substituents is 2. The molecule has 1 fully saturated rings. The van der Waals surface area contributed by atoms with Gasteiger partial charge in [-0.3, -0.25) is 4.79 Å². The van der Waals surface area contributed by atoms with Gasteiger partial charge >= 0.3 is 12.0 Å². The van der Waals surface area contributed by atoms with Crippen LogP contribution < -0.4 is 11.1 Å². The molecule has 1 aliphatic rings. The molecule has 0 bridgehead atoms. The first-order valence-electron chi connectivity index (χ1n) is 13.3. The highest BCUT2D eigenvalue weighted by Crippen LogP contribution is 2.23. The lowest BCUT2D eigenvalue weighted by molar-refractivity contribution is -0.918. The summed E-state index contributed by atoms with van der Waals surface area (Å²) in [5, 5.41) is 24.1. The number of phenols is 2. The molecule has 5 N–H and O–H groups in total. The lowest BCUT2D eigenvalue weighted by Crippen LogP contribution is -2.56. The summed E-state index contributed by atoms with van der Waals surface area (Å²) >= 11 is 1.07. The van der Waals surface area contributed by atoms with Crippen molar-refractivity contribution in [3.63, 3.8) is 0 Å². The Kier molecular flexibility index (Phi) is 9.35. The zero-order valence-corrected chi connectivity index (χ0v) is 23.9. The number of likely N-dealkylation sites (tertiary alicyclic amines) is 1. The Balaban J connectivity index is 1.70. The van der Waals surface area contributed by atoms with E-state index in [9.17, 15) is 24.6 Å². The Morgan fingerprint density at radius 1 is 1.15 bits per heavy atom. The Morgan fingerprint density at radius 2 is 1.90 bits per heavy atom. The van der Waals surface area contributed by atoms with Crippen LogP contribution in [0.25, 0.3) is 0 Å². The van der Waals surface area contributed by atoms with Crippen LogP contribution in [0.4, 0.5) is 9.93 Å². The predicted octanol–water partition coefficient (Wildman–Crippen LogP) is 3.25. The number of thiazole rings is 1. The minimum atomic E-state index is -1.02. The molecule has 216 valence electrons. The third kappa shape index (κ3) is 7.68. The van der Waals surface area contributed by atoms with Crippen molar-refractivity contribution in [1.82, 2.24) is 4.98 Å². The van der Waals surface area contributed by atoms with E-state index >= 15 is 0 Å². The van der Waals surface area contributed by atoms with E-state index in [0.29, 0.717) is 24.0 Å². The second-order valence-electron chi connectivity index (χ2n) is 10.3. The summed E-state index contributed by atoms with van der Waals surface area (Å²) < 4.78 is 6.98. The molecule has 41 heavy (non-hydrogen) atoms. The average Bonchev–Trinajstić information content (AvgIpc) is 3.38. The first-order valence-corrected chi connectivity index (χ1v) is 14.2. The van der Waals surface area contributed by atoms with Gasteiger partial charge in [0, 0.05) is 30.2 Å². The van der Waals surface area contributed by atoms with Crippen LogP contribution in [0, 0.1) is 0 Å². The van der Waals surface area contributed by atoms with E-state index in [1.807, 2.05) is 6.07 Å². The highest BCUT2D eigenvalue weighted by atomic mass is 32.1. The second-order valence-corrected chi connectivity index (χ2v) is 11.2. The number of ether oxygens (including phenoxy) is 1. The third-order valence-electron chi connectivity index (χ3n) is 6.97. The monoisotopic (exact) mass is 581 g/mol. The van der Waals surface area contributed by atoms with E-state index in [4.69, 9.17) is 10.5 Å². The maximum Gasteiger partial charge on any atom is 0.498 e. The van der Waals surface area contributed by atoms with E-state index in [-0.39, 0.29) is 35.4 Å². The lowest BCUT2D eigenvalue weighted by Gasteiger charge is -2.38. The van der Waals surface area contributed by atoms with Gasteiger partial charge in [0.25, 0.3) is 11.0 Å². The fourth-order valence-corrected chi connectivity index (χ4v) is 5.82. The Morgan fingerprint density at radius 3 is 2.59 bits per heavy atom. The minimum absolute atomic E-state index is 0.0786. The number of quaternary nitrogens is 1. The molecule has 0 aliphatic carbocycles. The number of hydrogen-bond donors (Lipinski definition) is 4. The summed E-state index contributed by atoms with van der Waals surface area (Å²) in [6.07, 6.45) is 1.48. The van der Waals surface area contributed by atoms with Gasteiger partial charge in [-0.1, -0.05) is 35.6 Å². The van der Waals surface area contributed by atoms with Crippen molar-refractivity contribution in [2.75, 3.05) is 32.1 Å². The number of nitrogens with zero attached hydrogens (tertiary/aromatic N) is 3. The van der Waals surface area contributed by atoms with Crippen LogP contribution in [0.5, 0.6) is 11.5 Å². The molecule has 3 amide bonds. The van der Waals surface area contributed by atoms with Gasteiger partial charge in [0.1, 0.15) is 30.3 Å². The molecule has 1 saturated heterocycles. The number of urea groups is 1. The topological polar surface area (TPSA) is 155 Å². The molecular weight excluding hydrogens is 546 g/mol. The highest BCUT2D eigenvalue weighted by Gasteiger charge is 2.39. The van der Waals surface area contributed by atoms with E-state index in [2.05, 4.69) is 17.3 Å². The highest BCUT2D eigenvalue weighted by molar-refractivity contribution is 7.14. The molecule has 11 nitrogen and oxygen atoms in total. The van der Waals surface area contributed by atoms with Gasteiger partial charge in [0.05, 0.1) is 20.2 Å². The summed E-state index contributed by atoms with van der Waals surface area (Å²) in [5.41, 5.74) is 8.40. The number of amides is 3. The van der Waals surface area contributed by atoms with Crippen molar-refractivity contribution in [2.24, 2.45) is 5.73 Å². The van der Waals surface area contributed by atoms with Crippen LogP contribution in [0.15, 0.2) is 53.9 Å².